The second-order valence-electron chi connectivity index (χ2n) is 10.7. The lowest BCUT2D eigenvalue weighted by molar-refractivity contribution is -0.139. The molecule has 3 heterocycles. The molecule has 222 valence electrons. The molecule has 2 bridgehead atoms. The molecule has 43 heavy (non-hydrogen) atoms. The molecule has 1 aromatic heterocycles. The van der Waals surface area contributed by atoms with Crippen LogP contribution in [-0.2, 0) is 25.5 Å². The molecule has 5 rings (SSSR count). The van der Waals surface area contributed by atoms with Crippen molar-refractivity contribution in [3.05, 3.63) is 81.8 Å². The van der Waals surface area contributed by atoms with Crippen LogP contribution in [0.3, 0.4) is 0 Å². The van der Waals surface area contributed by atoms with E-state index in [0.29, 0.717) is 41.8 Å². The molecule has 1 fully saturated rings. The first-order valence-electron chi connectivity index (χ1n) is 14.0. The minimum absolute atomic E-state index is 0.0177. The molecular formula is C32H30ClFN4O5. The highest BCUT2D eigenvalue weighted by Gasteiger charge is 2.36. The van der Waals surface area contributed by atoms with Crippen molar-refractivity contribution in [3.63, 3.8) is 0 Å². The summed E-state index contributed by atoms with van der Waals surface area (Å²) in [5, 5.41) is 12.4. The Morgan fingerprint density at radius 3 is 2.77 bits per heavy atom. The number of pyridine rings is 1. The molecule has 0 unspecified atom stereocenters. The van der Waals surface area contributed by atoms with Crippen molar-refractivity contribution in [2.24, 2.45) is 5.92 Å². The lowest BCUT2D eigenvalue weighted by Gasteiger charge is -2.38. The van der Waals surface area contributed by atoms with Crippen molar-refractivity contribution in [1.29, 1.82) is 5.26 Å². The first-order chi connectivity index (χ1) is 20.7. The van der Waals surface area contributed by atoms with Gasteiger partial charge < -0.3 is 19.7 Å². The number of halogens is 2. The summed E-state index contributed by atoms with van der Waals surface area (Å²) in [4.78, 5) is 44.7. The Morgan fingerprint density at radius 2 is 2.02 bits per heavy atom. The number of hydrogen-bond donors (Lipinski definition) is 1. The van der Waals surface area contributed by atoms with Gasteiger partial charge in [0, 0.05) is 36.2 Å². The fourth-order valence-corrected chi connectivity index (χ4v) is 5.80. The van der Waals surface area contributed by atoms with Gasteiger partial charge in [0.2, 0.25) is 5.91 Å². The number of cyclic esters (lactones) is 1. The summed E-state index contributed by atoms with van der Waals surface area (Å²) in [5.74, 6) is -1.65. The molecule has 0 radical (unpaired) electrons. The molecule has 11 heteroatoms. The number of carbonyl (C=O) groups excluding carboxylic acids is 3. The summed E-state index contributed by atoms with van der Waals surface area (Å²) in [7, 11) is 1.32. The van der Waals surface area contributed by atoms with Crippen molar-refractivity contribution in [3.8, 4) is 17.3 Å². The second kappa shape index (κ2) is 12.8. The number of nitriles is 1. The number of anilines is 1. The van der Waals surface area contributed by atoms with Gasteiger partial charge >= 0.3 is 12.1 Å². The molecule has 0 saturated carbocycles. The van der Waals surface area contributed by atoms with E-state index in [-0.39, 0.29) is 47.4 Å². The number of esters is 1. The van der Waals surface area contributed by atoms with E-state index in [1.165, 1.54) is 19.2 Å². The highest BCUT2D eigenvalue weighted by atomic mass is 35.5. The molecule has 1 saturated heterocycles. The highest BCUT2D eigenvalue weighted by Crippen LogP contribution is 2.39. The van der Waals surface area contributed by atoms with E-state index in [1.807, 2.05) is 25.1 Å². The molecule has 3 aromatic rings. The number of amides is 2. The third-order valence-corrected chi connectivity index (χ3v) is 8.28. The lowest BCUT2D eigenvalue weighted by Crippen LogP contribution is -2.42. The molecule has 1 N–H and O–H groups in total. The van der Waals surface area contributed by atoms with Gasteiger partial charge in [-0.05, 0) is 54.3 Å². The minimum atomic E-state index is -0.953. The molecule has 2 amide bonds. The van der Waals surface area contributed by atoms with Crippen LogP contribution < -0.4 is 5.32 Å². The third kappa shape index (κ3) is 6.32. The van der Waals surface area contributed by atoms with Gasteiger partial charge in [0.15, 0.2) is 0 Å². The van der Waals surface area contributed by atoms with Crippen LogP contribution in [0.25, 0.3) is 11.3 Å². The number of methoxy groups -OCH3 is 1. The summed E-state index contributed by atoms with van der Waals surface area (Å²) >= 11 is 5.98. The summed E-state index contributed by atoms with van der Waals surface area (Å²) in [6.45, 7) is 2.10. The monoisotopic (exact) mass is 604 g/mol. The number of aromatic nitrogens is 1. The molecule has 2 aromatic carbocycles. The van der Waals surface area contributed by atoms with E-state index in [0.717, 1.165) is 5.56 Å². The fraction of sp³-hybridized carbons (Fsp3) is 0.344. The number of nitrogens with zero attached hydrogens (tertiary/aromatic N) is 3. The van der Waals surface area contributed by atoms with Gasteiger partial charge in [0.05, 0.1) is 47.6 Å². The molecule has 2 aliphatic rings. The molecule has 0 spiro atoms. The predicted octanol–water partition coefficient (Wildman–Crippen LogP) is 6.51. The Balaban J connectivity index is 1.48. The number of carbonyl (C=O) groups is 3. The van der Waals surface area contributed by atoms with Gasteiger partial charge in [-0.25, -0.2) is 9.18 Å². The third-order valence-electron chi connectivity index (χ3n) is 7.99. The van der Waals surface area contributed by atoms with Crippen LogP contribution in [0, 0.1) is 23.1 Å². The van der Waals surface area contributed by atoms with Crippen LogP contribution in [0.1, 0.15) is 67.0 Å². The fourth-order valence-electron chi connectivity index (χ4n) is 5.64. The first-order valence-corrected chi connectivity index (χ1v) is 14.4. The van der Waals surface area contributed by atoms with Crippen LogP contribution >= 0.6 is 11.6 Å². The van der Waals surface area contributed by atoms with Crippen LogP contribution in [-0.4, -0.2) is 41.5 Å². The summed E-state index contributed by atoms with van der Waals surface area (Å²) in [5.41, 5.74) is 3.33. The zero-order valence-electron chi connectivity index (χ0n) is 23.7. The number of nitrogens with one attached hydrogen (secondary N) is 1. The van der Waals surface area contributed by atoms with Gasteiger partial charge in [-0.3, -0.25) is 14.6 Å². The van der Waals surface area contributed by atoms with Crippen LogP contribution in [0.15, 0.2) is 48.7 Å². The number of rotatable bonds is 4. The standard InChI is InChI=1S/C32H30ClFN4O5/c1-18-4-3-5-26(38-13-11-27(43-32(38)41)29-21(17-35)7-9-23(33)30(29)34)20-10-12-36-24(16-20)22-8-6-19(15-28(39)42-2)14-25(22)37-31(18)40/h6-10,12,14,16,18,26-27H,3-5,11,13,15H2,1-2H3,(H,37,40)/t18-,26+,27-/m1/s1. The van der Waals surface area contributed by atoms with E-state index < -0.39 is 30.0 Å². The zero-order valence-corrected chi connectivity index (χ0v) is 24.5. The lowest BCUT2D eigenvalue weighted by atomic mass is 9.92. The predicted molar refractivity (Wildman–Crippen MR) is 156 cm³/mol. The van der Waals surface area contributed by atoms with Crippen molar-refractivity contribution in [1.82, 2.24) is 9.88 Å². The maximum Gasteiger partial charge on any atom is 0.410 e. The van der Waals surface area contributed by atoms with Crippen molar-refractivity contribution >= 4 is 35.3 Å². The number of benzene rings is 2. The average molecular weight is 605 g/mol. The van der Waals surface area contributed by atoms with Gasteiger partial charge in [0.25, 0.3) is 0 Å². The topological polar surface area (TPSA) is 122 Å². The molecular weight excluding hydrogens is 575 g/mol. The Kier molecular flexibility index (Phi) is 8.92. The number of ether oxygens (including phenoxy) is 2. The molecule has 9 nitrogen and oxygen atoms in total. The van der Waals surface area contributed by atoms with Crippen LogP contribution in [0.4, 0.5) is 14.9 Å². The normalized spacial score (nSPS) is 20.4. The van der Waals surface area contributed by atoms with Crippen LogP contribution in [0.5, 0.6) is 0 Å². The quantitative estimate of drug-likeness (QED) is 0.337. The maximum absolute atomic E-state index is 15.0. The Hall–Kier alpha value is -4.49. The van der Waals surface area contributed by atoms with Gasteiger partial charge in [-0.1, -0.05) is 37.1 Å². The van der Waals surface area contributed by atoms with E-state index in [2.05, 4.69) is 10.3 Å². The van der Waals surface area contributed by atoms with E-state index in [4.69, 9.17) is 21.1 Å². The average Bonchev–Trinajstić information content (AvgIpc) is 3.00. The SMILES string of the molecule is COC(=O)Cc1ccc2c(c1)NC(=O)[C@H](C)CCC[C@H](N1CC[C@H](c3c(C#N)ccc(Cl)c3F)OC1=O)c1ccnc-2c1. The Labute approximate surface area is 253 Å². The van der Waals surface area contributed by atoms with Crippen LogP contribution in [0.2, 0.25) is 5.02 Å². The molecule has 0 aliphatic carbocycles. The summed E-state index contributed by atoms with van der Waals surface area (Å²) in [6, 6.07) is 13.4. The van der Waals surface area contributed by atoms with Gasteiger partial charge in [0.1, 0.15) is 11.9 Å². The minimum Gasteiger partial charge on any atom is -0.469 e. The maximum atomic E-state index is 15.0. The Bertz CT molecular complexity index is 1620. The van der Waals surface area contributed by atoms with Crippen molar-refractivity contribution in [2.75, 3.05) is 19.0 Å². The summed E-state index contributed by atoms with van der Waals surface area (Å²) < 4.78 is 25.5. The highest BCUT2D eigenvalue weighted by molar-refractivity contribution is 6.30. The smallest absolute Gasteiger partial charge is 0.410 e. The van der Waals surface area contributed by atoms with Crippen molar-refractivity contribution < 1.29 is 28.2 Å². The second-order valence-corrected chi connectivity index (χ2v) is 11.1. The molecule has 2 aliphatic heterocycles. The largest absolute Gasteiger partial charge is 0.469 e. The van der Waals surface area contributed by atoms with E-state index in [1.54, 1.807) is 29.3 Å². The van der Waals surface area contributed by atoms with E-state index in [9.17, 15) is 24.0 Å². The molecule has 3 atom stereocenters. The number of fused-ring (bicyclic) bond motifs is 4. The van der Waals surface area contributed by atoms with Crippen molar-refractivity contribution in [2.45, 2.75) is 51.2 Å². The van der Waals surface area contributed by atoms with E-state index >= 15 is 0 Å². The Morgan fingerprint density at radius 1 is 1.21 bits per heavy atom. The zero-order chi connectivity index (χ0) is 30.7. The van der Waals surface area contributed by atoms with Gasteiger partial charge in [-0.2, -0.15) is 5.26 Å². The van der Waals surface area contributed by atoms with Gasteiger partial charge in [-0.15, -0.1) is 0 Å². The number of hydrogen-bond acceptors (Lipinski definition) is 7. The summed E-state index contributed by atoms with van der Waals surface area (Å²) in [6.07, 6.45) is 2.15. The first kappa shape index (κ1) is 30.0.